The van der Waals surface area contributed by atoms with E-state index in [2.05, 4.69) is 13.8 Å². The Kier molecular flexibility index (Phi) is 6.87. The van der Waals surface area contributed by atoms with Gasteiger partial charge in [-0.25, -0.2) is 0 Å². The van der Waals surface area contributed by atoms with Crippen LogP contribution in [0.15, 0.2) is 23.1 Å². The minimum absolute atomic E-state index is 0.451. The molecule has 2 N–H and O–H groups in total. The van der Waals surface area contributed by atoms with Crippen molar-refractivity contribution in [1.82, 2.24) is 0 Å². The van der Waals surface area contributed by atoms with Gasteiger partial charge in [-0.3, -0.25) is 4.21 Å². The number of rotatable bonds is 8. The van der Waals surface area contributed by atoms with Crippen LogP contribution in [-0.4, -0.2) is 29.8 Å². The highest BCUT2D eigenvalue weighted by molar-refractivity contribution is 7.85. The summed E-state index contributed by atoms with van der Waals surface area (Å²) >= 11 is 0. The molecule has 0 spiro atoms. The summed E-state index contributed by atoms with van der Waals surface area (Å²) in [6.45, 7) is 7.82. The van der Waals surface area contributed by atoms with Gasteiger partial charge in [0, 0.05) is 12.3 Å². The highest BCUT2D eigenvalue weighted by Gasteiger charge is 2.10. The lowest BCUT2D eigenvalue weighted by atomic mass is 10.2. The fraction of sp³-hybridized carbons (Fsp3) is 0.571. The molecule has 0 aliphatic rings. The zero-order valence-corrected chi connectivity index (χ0v) is 12.7. The van der Waals surface area contributed by atoms with Crippen molar-refractivity contribution >= 4 is 16.5 Å². The molecule has 0 fully saturated rings. The predicted molar refractivity (Wildman–Crippen MR) is 79.0 cm³/mol. The molecule has 1 aromatic rings. The summed E-state index contributed by atoms with van der Waals surface area (Å²) in [5.41, 5.74) is 6.38. The van der Waals surface area contributed by atoms with Crippen molar-refractivity contribution in [3.05, 3.63) is 18.2 Å². The SMILES string of the molecule is CCOc1ccc(N)c(S(=O)CCOCC(C)C)c1. The minimum atomic E-state index is -1.15. The van der Waals surface area contributed by atoms with Crippen molar-refractivity contribution in [3.8, 4) is 5.75 Å². The standard InChI is InChI=1S/C14H23NO3S/c1-4-18-12-5-6-13(15)14(9-12)19(16)8-7-17-10-11(2)3/h5-6,9,11H,4,7-8,10,15H2,1-3H3. The first kappa shape index (κ1) is 16.0. The van der Waals surface area contributed by atoms with Crippen LogP contribution in [0.1, 0.15) is 20.8 Å². The Morgan fingerprint density at radius 1 is 1.37 bits per heavy atom. The van der Waals surface area contributed by atoms with Gasteiger partial charge in [0.2, 0.25) is 0 Å². The van der Waals surface area contributed by atoms with E-state index in [1.54, 1.807) is 18.2 Å². The molecule has 0 saturated heterocycles. The molecule has 5 heteroatoms. The predicted octanol–water partition coefficient (Wildman–Crippen LogP) is 2.45. The summed E-state index contributed by atoms with van der Waals surface area (Å²) < 4.78 is 23.0. The van der Waals surface area contributed by atoms with Crippen LogP contribution in [0.4, 0.5) is 5.69 Å². The zero-order chi connectivity index (χ0) is 14.3. The molecule has 0 heterocycles. The molecule has 1 atom stereocenters. The molecule has 108 valence electrons. The first-order valence-electron chi connectivity index (χ1n) is 6.53. The van der Waals surface area contributed by atoms with Gasteiger partial charge in [0.05, 0.1) is 34.7 Å². The minimum Gasteiger partial charge on any atom is -0.494 e. The van der Waals surface area contributed by atoms with Gasteiger partial charge in [0.25, 0.3) is 0 Å². The number of ether oxygens (including phenoxy) is 2. The van der Waals surface area contributed by atoms with Gasteiger partial charge in [0.15, 0.2) is 0 Å². The molecule has 1 aromatic carbocycles. The first-order valence-corrected chi connectivity index (χ1v) is 7.85. The van der Waals surface area contributed by atoms with Crippen molar-refractivity contribution in [2.45, 2.75) is 25.7 Å². The van der Waals surface area contributed by atoms with Crippen LogP contribution >= 0.6 is 0 Å². The van der Waals surface area contributed by atoms with E-state index in [1.807, 2.05) is 6.92 Å². The van der Waals surface area contributed by atoms with Crippen molar-refractivity contribution in [2.75, 3.05) is 31.3 Å². The monoisotopic (exact) mass is 285 g/mol. The molecule has 0 bridgehead atoms. The maximum Gasteiger partial charge on any atom is 0.120 e. The second kappa shape index (κ2) is 8.17. The molecule has 19 heavy (non-hydrogen) atoms. The Morgan fingerprint density at radius 2 is 2.11 bits per heavy atom. The van der Waals surface area contributed by atoms with Gasteiger partial charge in [-0.15, -0.1) is 0 Å². The third-order valence-corrected chi connectivity index (χ3v) is 3.79. The van der Waals surface area contributed by atoms with Crippen LogP contribution in [0.5, 0.6) is 5.75 Å². The first-order chi connectivity index (χ1) is 9.04. The van der Waals surface area contributed by atoms with E-state index in [9.17, 15) is 4.21 Å². The topological polar surface area (TPSA) is 61.5 Å². The van der Waals surface area contributed by atoms with Gasteiger partial charge in [-0.2, -0.15) is 0 Å². The van der Waals surface area contributed by atoms with E-state index in [4.69, 9.17) is 15.2 Å². The molecule has 0 amide bonds. The lowest BCUT2D eigenvalue weighted by Crippen LogP contribution is -2.11. The molecule has 1 rings (SSSR count). The van der Waals surface area contributed by atoms with Crippen LogP contribution in [0, 0.1) is 5.92 Å². The van der Waals surface area contributed by atoms with E-state index in [1.165, 1.54) is 0 Å². The quantitative estimate of drug-likeness (QED) is 0.588. The van der Waals surface area contributed by atoms with Gasteiger partial charge in [-0.05, 0) is 31.0 Å². The Bertz CT molecular complexity index is 421. The number of nitrogens with two attached hydrogens (primary N) is 1. The van der Waals surface area contributed by atoms with E-state index < -0.39 is 10.8 Å². The highest BCUT2D eigenvalue weighted by atomic mass is 32.2. The number of hydrogen-bond acceptors (Lipinski definition) is 4. The Balaban J connectivity index is 2.57. The average molecular weight is 285 g/mol. The lowest BCUT2D eigenvalue weighted by Gasteiger charge is -2.10. The summed E-state index contributed by atoms with van der Waals surface area (Å²) in [6, 6.07) is 5.26. The summed E-state index contributed by atoms with van der Waals surface area (Å²) in [4.78, 5) is 0.624. The summed E-state index contributed by atoms with van der Waals surface area (Å²) in [6.07, 6.45) is 0. The second-order valence-electron chi connectivity index (χ2n) is 4.65. The molecule has 0 saturated carbocycles. The van der Waals surface area contributed by atoms with E-state index in [0.29, 0.717) is 47.8 Å². The van der Waals surface area contributed by atoms with Gasteiger partial charge >= 0.3 is 0 Å². The number of benzene rings is 1. The van der Waals surface area contributed by atoms with E-state index in [0.717, 1.165) is 0 Å². The van der Waals surface area contributed by atoms with Crippen molar-refractivity contribution in [2.24, 2.45) is 5.92 Å². The van der Waals surface area contributed by atoms with E-state index in [-0.39, 0.29) is 0 Å². The Morgan fingerprint density at radius 3 is 2.74 bits per heavy atom. The van der Waals surface area contributed by atoms with Crippen LogP contribution < -0.4 is 10.5 Å². The number of hydrogen-bond donors (Lipinski definition) is 1. The summed E-state index contributed by atoms with van der Waals surface area (Å²) in [5, 5.41) is 0. The van der Waals surface area contributed by atoms with Crippen molar-refractivity contribution in [3.63, 3.8) is 0 Å². The van der Waals surface area contributed by atoms with Crippen molar-refractivity contribution in [1.29, 1.82) is 0 Å². The average Bonchev–Trinajstić information content (AvgIpc) is 2.36. The molecule has 4 nitrogen and oxygen atoms in total. The fourth-order valence-electron chi connectivity index (χ4n) is 1.53. The highest BCUT2D eigenvalue weighted by Crippen LogP contribution is 2.23. The van der Waals surface area contributed by atoms with Crippen LogP contribution in [0.25, 0.3) is 0 Å². The third kappa shape index (κ3) is 5.61. The van der Waals surface area contributed by atoms with Gasteiger partial charge in [0.1, 0.15) is 5.75 Å². The molecule has 0 aliphatic carbocycles. The molecule has 0 aliphatic heterocycles. The van der Waals surface area contributed by atoms with Crippen LogP contribution in [0.3, 0.4) is 0 Å². The molecular formula is C14H23NO3S. The molecule has 0 aromatic heterocycles. The molecular weight excluding hydrogens is 262 g/mol. The largest absolute Gasteiger partial charge is 0.494 e. The maximum absolute atomic E-state index is 12.2. The summed E-state index contributed by atoms with van der Waals surface area (Å²) in [7, 11) is -1.15. The lowest BCUT2D eigenvalue weighted by molar-refractivity contribution is 0.123. The second-order valence-corrected chi connectivity index (χ2v) is 6.19. The van der Waals surface area contributed by atoms with Gasteiger partial charge < -0.3 is 15.2 Å². The fourth-order valence-corrected chi connectivity index (χ4v) is 2.60. The zero-order valence-electron chi connectivity index (χ0n) is 11.8. The normalized spacial score (nSPS) is 12.6. The maximum atomic E-state index is 12.2. The van der Waals surface area contributed by atoms with Crippen LogP contribution in [-0.2, 0) is 15.5 Å². The van der Waals surface area contributed by atoms with Crippen molar-refractivity contribution < 1.29 is 13.7 Å². The summed E-state index contributed by atoms with van der Waals surface area (Å²) in [5.74, 6) is 1.63. The smallest absolute Gasteiger partial charge is 0.120 e. The van der Waals surface area contributed by atoms with Gasteiger partial charge in [-0.1, -0.05) is 13.8 Å². The third-order valence-electron chi connectivity index (χ3n) is 2.41. The Labute approximate surface area is 117 Å². The number of nitrogen functional groups attached to an aromatic ring is 1. The van der Waals surface area contributed by atoms with E-state index >= 15 is 0 Å². The molecule has 0 radical (unpaired) electrons. The number of anilines is 1. The molecule has 1 unspecified atom stereocenters. The Hall–Kier alpha value is -1.07. The van der Waals surface area contributed by atoms with Crippen LogP contribution in [0.2, 0.25) is 0 Å².